The van der Waals surface area contributed by atoms with Gasteiger partial charge in [-0.15, -0.1) is 16.4 Å². The van der Waals surface area contributed by atoms with Crippen molar-refractivity contribution in [3.8, 4) is 0 Å². The molecule has 2 aromatic rings. The molecule has 0 spiro atoms. The quantitative estimate of drug-likeness (QED) is 0.854. The summed E-state index contributed by atoms with van der Waals surface area (Å²) in [5, 5.41) is 11.1. The zero-order valence-corrected chi connectivity index (χ0v) is 12.0. The molecule has 0 saturated heterocycles. The van der Waals surface area contributed by atoms with Crippen LogP contribution in [0.5, 0.6) is 0 Å². The van der Waals surface area contributed by atoms with E-state index in [2.05, 4.69) is 15.5 Å². The molecule has 0 saturated carbocycles. The molecule has 7 nitrogen and oxygen atoms in total. The third-order valence-corrected chi connectivity index (χ3v) is 3.85. The molecular formula is C12H15N5O2S. The highest BCUT2D eigenvalue weighted by molar-refractivity contribution is 7.21. The molecule has 0 aliphatic rings. The maximum atomic E-state index is 12.0. The lowest BCUT2D eigenvalue weighted by Gasteiger charge is -2.10. The van der Waals surface area contributed by atoms with Crippen molar-refractivity contribution in [3.05, 3.63) is 17.1 Å². The molecule has 0 atom stereocenters. The minimum Gasteiger partial charge on any atom is -0.397 e. The van der Waals surface area contributed by atoms with Crippen LogP contribution >= 0.6 is 11.3 Å². The average Bonchev–Trinajstić information content (AvgIpc) is 2.76. The van der Waals surface area contributed by atoms with E-state index in [9.17, 15) is 9.59 Å². The van der Waals surface area contributed by atoms with Gasteiger partial charge >= 0.3 is 0 Å². The molecule has 20 heavy (non-hydrogen) atoms. The number of carbonyl (C=O) groups is 2. The van der Waals surface area contributed by atoms with Gasteiger partial charge in [-0.25, -0.2) is 0 Å². The van der Waals surface area contributed by atoms with E-state index in [-0.39, 0.29) is 24.8 Å². The van der Waals surface area contributed by atoms with Crippen LogP contribution < -0.4 is 11.1 Å². The van der Waals surface area contributed by atoms with Crippen LogP contribution in [0, 0.1) is 0 Å². The van der Waals surface area contributed by atoms with Crippen molar-refractivity contribution in [1.82, 2.24) is 20.4 Å². The highest BCUT2D eigenvalue weighted by Crippen LogP contribution is 2.31. The summed E-state index contributed by atoms with van der Waals surface area (Å²) in [5.41, 5.74) is 6.33. The van der Waals surface area contributed by atoms with Gasteiger partial charge in [0.1, 0.15) is 9.71 Å². The smallest absolute Gasteiger partial charge is 0.263 e. The normalized spacial score (nSPS) is 10.5. The summed E-state index contributed by atoms with van der Waals surface area (Å²) in [7, 11) is 3.35. The van der Waals surface area contributed by atoms with Crippen molar-refractivity contribution >= 4 is 39.1 Å². The molecule has 0 bridgehead atoms. The van der Waals surface area contributed by atoms with Crippen molar-refractivity contribution < 1.29 is 9.59 Å². The Balaban J connectivity index is 2.05. The molecule has 2 amide bonds. The fourth-order valence-electron chi connectivity index (χ4n) is 1.63. The Bertz CT molecular complexity index is 652. The van der Waals surface area contributed by atoms with Crippen molar-refractivity contribution in [3.63, 3.8) is 0 Å². The summed E-state index contributed by atoms with van der Waals surface area (Å²) in [6, 6.07) is 1.72. The first-order valence-corrected chi connectivity index (χ1v) is 6.80. The highest BCUT2D eigenvalue weighted by Gasteiger charge is 2.17. The van der Waals surface area contributed by atoms with E-state index >= 15 is 0 Å². The van der Waals surface area contributed by atoms with Crippen molar-refractivity contribution in [2.75, 3.05) is 26.4 Å². The predicted molar refractivity (Wildman–Crippen MR) is 77.5 cm³/mol. The molecular weight excluding hydrogens is 278 g/mol. The van der Waals surface area contributed by atoms with Gasteiger partial charge in [-0.05, 0) is 6.07 Å². The highest BCUT2D eigenvalue weighted by atomic mass is 32.1. The molecule has 2 aromatic heterocycles. The third-order valence-electron chi connectivity index (χ3n) is 2.75. The van der Waals surface area contributed by atoms with E-state index in [1.54, 1.807) is 20.2 Å². The number of aromatic nitrogens is 2. The van der Waals surface area contributed by atoms with Crippen LogP contribution in [0.3, 0.4) is 0 Å². The number of nitrogens with one attached hydrogen (secondary N) is 1. The SMILES string of the molecule is CN(C)C(=O)CCNC(=O)c1sc2nnccc2c1N. The number of hydrogen-bond acceptors (Lipinski definition) is 6. The molecule has 0 aromatic carbocycles. The van der Waals surface area contributed by atoms with Gasteiger partial charge in [-0.1, -0.05) is 0 Å². The number of fused-ring (bicyclic) bond motifs is 1. The molecule has 0 radical (unpaired) electrons. The first kappa shape index (κ1) is 14.2. The number of nitrogen functional groups attached to an aromatic ring is 1. The zero-order valence-electron chi connectivity index (χ0n) is 11.2. The monoisotopic (exact) mass is 293 g/mol. The number of hydrogen-bond donors (Lipinski definition) is 2. The minimum atomic E-state index is -0.294. The standard InChI is InChI=1S/C12H15N5O2S/c1-17(2)8(18)4-5-14-11(19)10-9(13)7-3-6-15-16-12(7)20-10/h3,6H,4-5,13H2,1-2H3,(H,14,19). The molecule has 2 heterocycles. The van der Waals surface area contributed by atoms with Gasteiger partial charge in [0.15, 0.2) is 0 Å². The van der Waals surface area contributed by atoms with Crippen LogP contribution in [0.1, 0.15) is 16.1 Å². The van der Waals surface area contributed by atoms with Gasteiger partial charge < -0.3 is 16.0 Å². The lowest BCUT2D eigenvalue weighted by molar-refractivity contribution is -0.128. The third kappa shape index (κ3) is 2.85. The summed E-state index contributed by atoms with van der Waals surface area (Å²) in [6.07, 6.45) is 1.78. The van der Waals surface area contributed by atoms with Crippen molar-refractivity contribution in [1.29, 1.82) is 0 Å². The van der Waals surface area contributed by atoms with Gasteiger partial charge in [-0.2, -0.15) is 5.10 Å². The largest absolute Gasteiger partial charge is 0.397 e. The summed E-state index contributed by atoms with van der Waals surface area (Å²) < 4.78 is 0. The molecule has 0 unspecified atom stereocenters. The lowest BCUT2D eigenvalue weighted by Crippen LogP contribution is -2.30. The predicted octanol–water partition coefficient (Wildman–Crippen LogP) is 0.482. The van der Waals surface area contributed by atoms with Gasteiger partial charge in [-0.3, -0.25) is 9.59 Å². The minimum absolute atomic E-state index is 0.0412. The Kier molecular flexibility index (Phi) is 4.14. The van der Waals surface area contributed by atoms with E-state index in [0.29, 0.717) is 15.4 Å². The Morgan fingerprint density at radius 3 is 2.85 bits per heavy atom. The Morgan fingerprint density at radius 1 is 1.45 bits per heavy atom. The fraction of sp³-hybridized carbons (Fsp3) is 0.333. The van der Waals surface area contributed by atoms with Crippen LogP contribution in [0.4, 0.5) is 5.69 Å². The number of amides is 2. The van der Waals surface area contributed by atoms with E-state index in [1.807, 2.05) is 0 Å². The summed E-state index contributed by atoms with van der Waals surface area (Å²) in [4.78, 5) is 25.9. The van der Waals surface area contributed by atoms with E-state index in [0.717, 1.165) is 5.39 Å². The molecule has 0 aliphatic heterocycles. The van der Waals surface area contributed by atoms with Crippen molar-refractivity contribution in [2.45, 2.75) is 6.42 Å². The number of anilines is 1. The molecule has 106 valence electrons. The fourth-order valence-corrected chi connectivity index (χ4v) is 2.58. The van der Waals surface area contributed by atoms with Crippen LogP contribution in [0.25, 0.3) is 10.2 Å². The number of carbonyl (C=O) groups excluding carboxylic acids is 2. The van der Waals surface area contributed by atoms with Crippen LogP contribution in [-0.2, 0) is 4.79 Å². The second-order valence-electron chi connectivity index (χ2n) is 4.39. The maximum absolute atomic E-state index is 12.0. The maximum Gasteiger partial charge on any atom is 0.263 e. The second-order valence-corrected chi connectivity index (χ2v) is 5.39. The average molecular weight is 293 g/mol. The van der Waals surface area contributed by atoms with Crippen LogP contribution in [-0.4, -0.2) is 47.6 Å². The lowest BCUT2D eigenvalue weighted by atomic mass is 10.3. The van der Waals surface area contributed by atoms with Gasteiger partial charge in [0.25, 0.3) is 5.91 Å². The molecule has 3 N–H and O–H groups in total. The topological polar surface area (TPSA) is 101 Å². The van der Waals surface area contributed by atoms with E-state index < -0.39 is 0 Å². The summed E-state index contributed by atoms with van der Waals surface area (Å²) >= 11 is 1.19. The number of nitrogens with zero attached hydrogens (tertiary/aromatic N) is 3. The zero-order chi connectivity index (χ0) is 14.7. The summed E-state index contributed by atoms with van der Waals surface area (Å²) in [5.74, 6) is -0.336. The number of nitrogens with two attached hydrogens (primary N) is 1. The van der Waals surface area contributed by atoms with Gasteiger partial charge in [0.2, 0.25) is 5.91 Å². The first-order valence-electron chi connectivity index (χ1n) is 5.98. The number of rotatable bonds is 4. The van der Waals surface area contributed by atoms with E-state index in [1.165, 1.54) is 22.4 Å². The van der Waals surface area contributed by atoms with E-state index in [4.69, 9.17) is 5.73 Å². The van der Waals surface area contributed by atoms with Crippen molar-refractivity contribution in [2.24, 2.45) is 0 Å². The van der Waals surface area contributed by atoms with Gasteiger partial charge in [0, 0.05) is 32.4 Å². The number of thiophene rings is 1. The van der Waals surface area contributed by atoms with Crippen LogP contribution in [0.15, 0.2) is 12.3 Å². The molecule has 8 heteroatoms. The Labute approximate surface area is 119 Å². The summed E-state index contributed by atoms with van der Waals surface area (Å²) in [6.45, 7) is 0.273. The Morgan fingerprint density at radius 2 is 2.20 bits per heavy atom. The van der Waals surface area contributed by atoms with Crippen LogP contribution in [0.2, 0.25) is 0 Å². The Hall–Kier alpha value is -2.22. The molecule has 0 fully saturated rings. The first-order chi connectivity index (χ1) is 9.50. The molecule has 2 rings (SSSR count). The van der Waals surface area contributed by atoms with Gasteiger partial charge in [0.05, 0.1) is 11.9 Å². The molecule has 0 aliphatic carbocycles. The second kappa shape index (κ2) is 5.83.